The Morgan fingerprint density at radius 1 is 1.18 bits per heavy atom. The molecule has 2 heteroatoms. The van der Waals surface area contributed by atoms with Crippen LogP contribution in [-0.2, 0) is 12.0 Å². The summed E-state index contributed by atoms with van der Waals surface area (Å²) in [6.07, 6.45) is 0. The van der Waals surface area contributed by atoms with E-state index in [0.717, 1.165) is 24.9 Å². The van der Waals surface area contributed by atoms with Crippen molar-refractivity contribution in [1.82, 2.24) is 5.32 Å². The largest absolute Gasteiger partial charge is 0.312 e. The predicted molar refractivity (Wildman–Crippen MR) is 78.7 cm³/mol. The van der Waals surface area contributed by atoms with Gasteiger partial charge in [-0.25, -0.2) is 0 Å². The first-order valence-electron chi connectivity index (χ1n) is 6.60. The third-order valence-electron chi connectivity index (χ3n) is 3.30. The lowest BCUT2D eigenvalue weighted by atomic mass is 9.95. The summed E-state index contributed by atoms with van der Waals surface area (Å²) in [5.41, 5.74) is 0.286. The van der Waals surface area contributed by atoms with Crippen molar-refractivity contribution in [3.8, 4) is 0 Å². The highest BCUT2D eigenvalue weighted by atomic mass is 32.1. The maximum Gasteiger partial charge on any atom is 0.0299 e. The van der Waals surface area contributed by atoms with E-state index in [9.17, 15) is 0 Å². The second kappa shape index (κ2) is 6.01. The first-order chi connectivity index (χ1) is 7.80. The van der Waals surface area contributed by atoms with E-state index in [1.54, 1.807) is 0 Å². The molecule has 1 unspecified atom stereocenters. The SMILES string of the molecule is CC(C)C(C)CNCc1ccc(C(C)(C)C)s1. The van der Waals surface area contributed by atoms with Gasteiger partial charge < -0.3 is 5.32 Å². The van der Waals surface area contributed by atoms with E-state index in [1.165, 1.54) is 9.75 Å². The number of hydrogen-bond acceptors (Lipinski definition) is 2. The van der Waals surface area contributed by atoms with Crippen LogP contribution in [0.5, 0.6) is 0 Å². The van der Waals surface area contributed by atoms with Crippen LogP contribution in [-0.4, -0.2) is 6.54 Å². The number of rotatable bonds is 5. The average Bonchev–Trinajstić information content (AvgIpc) is 2.65. The van der Waals surface area contributed by atoms with E-state index in [2.05, 4.69) is 59.0 Å². The maximum absolute atomic E-state index is 3.56. The molecule has 0 aromatic carbocycles. The maximum atomic E-state index is 3.56. The van der Waals surface area contributed by atoms with Crippen LogP contribution >= 0.6 is 11.3 Å². The molecule has 0 spiro atoms. The average molecular weight is 253 g/mol. The molecule has 0 aliphatic heterocycles. The molecule has 0 bridgehead atoms. The van der Waals surface area contributed by atoms with Crippen LogP contribution < -0.4 is 5.32 Å². The number of nitrogens with one attached hydrogen (secondary N) is 1. The molecule has 0 saturated heterocycles. The molecule has 0 aliphatic rings. The highest BCUT2D eigenvalue weighted by Crippen LogP contribution is 2.29. The van der Waals surface area contributed by atoms with Gasteiger partial charge in [-0.1, -0.05) is 41.5 Å². The first-order valence-corrected chi connectivity index (χ1v) is 7.42. The van der Waals surface area contributed by atoms with Crippen molar-refractivity contribution in [2.45, 2.75) is 53.5 Å². The highest BCUT2D eigenvalue weighted by Gasteiger charge is 2.15. The van der Waals surface area contributed by atoms with Gasteiger partial charge in [0, 0.05) is 16.3 Å². The lowest BCUT2D eigenvalue weighted by Crippen LogP contribution is -2.23. The van der Waals surface area contributed by atoms with Gasteiger partial charge in [0.15, 0.2) is 0 Å². The van der Waals surface area contributed by atoms with Crippen LogP contribution in [0.15, 0.2) is 12.1 Å². The summed E-state index contributed by atoms with van der Waals surface area (Å²) in [6, 6.07) is 4.53. The second-order valence-corrected chi connectivity index (χ2v) is 7.54. The van der Waals surface area contributed by atoms with Crippen LogP contribution in [0, 0.1) is 11.8 Å². The van der Waals surface area contributed by atoms with Gasteiger partial charge >= 0.3 is 0 Å². The minimum atomic E-state index is 0.286. The number of thiophene rings is 1. The molecule has 0 fully saturated rings. The van der Waals surface area contributed by atoms with Crippen molar-refractivity contribution in [2.24, 2.45) is 11.8 Å². The molecule has 98 valence electrons. The molecular weight excluding hydrogens is 226 g/mol. The molecule has 0 amide bonds. The molecule has 17 heavy (non-hydrogen) atoms. The van der Waals surface area contributed by atoms with Crippen molar-refractivity contribution >= 4 is 11.3 Å². The summed E-state index contributed by atoms with van der Waals surface area (Å²) in [6.45, 7) is 15.8. The molecule has 1 aromatic rings. The molecule has 1 N–H and O–H groups in total. The smallest absolute Gasteiger partial charge is 0.0299 e. The van der Waals surface area contributed by atoms with Crippen molar-refractivity contribution in [2.75, 3.05) is 6.54 Å². The molecule has 1 aromatic heterocycles. The normalized spacial score (nSPS) is 14.3. The summed E-state index contributed by atoms with van der Waals surface area (Å²) >= 11 is 1.94. The van der Waals surface area contributed by atoms with Gasteiger partial charge in [0.25, 0.3) is 0 Å². The molecule has 1 heterocycles. The standard InChI is InChI=1S/C15H27NS/c1-11(2)12(3)9-16-10-13-7-8-14(17-13)15(4,5)6/h7-8,11-12,16H,9-10H2,1-6H3. The van der Waals surface area contributed by atoms with Gasteiger partial charge in [-0.15, -0.1) is 11.3 Å². The Bertz CT molecular complexity index is 333. The lowest BCUT2D eigenvalue weighted by Gasteiger charge is -2.16. The summed E-state index contributed by atoms with van der Waals surface area (Å²) in [7, 11) is 0. The highest BCUT2D eigenvalue weighted by molar-refractivity contribution is 7.12. The van der Waals surface area contributed by atoms with Gasteiger partial charge in [-0.3, -0.25) is 0 Å². The molecule has 0 aliphatic carbocycles. The number of hydrogen-bond donors (Lipinski definition) is 1. The van der Waals surface area contributed by atoms with Crippen molar-refractivity contribution in [3.05, 3.63) is 21.9 Å². The predicted octanol–water partition coefficient (Wildman–Crippen LogP) is 4.43. The van der Waals surface area contributed by atoms with Gasteiger partial charge in [-0.2, -0.15) is 0 Å². The van der Waals surface area contributed by atoms with E-state index in [4.69, 9.17) is 0 Å². The minimum absolute atomic E-state index is 0.286. The lowest BCUT2D eigenvalue weighted by molar-refractivity contribution is 0.393. The molecule has 0 radical (unpaired) electrons. The first kappa shape index (κ1) is 14.7. The third-order valence-corrected chi connectivity index (χ3v) is 4.82. The molecule has 0 saturated carbocycles. The van der Waals surface area contributed by atoms with E-state index < -0.39 is 0 Å². The quantitative estimate of drug-likeness (QED) is 0.818. The third kappa shape index (κ3) is 4.81. The van der Waals surface area contributed by atoms with Crippen molar-refractivity contribution in [1.29, 1.82) is 0 Å². The van der Waals surface area contributed by atoms with Gasteiger partial charge in [-0.05, 0) is 35.9 Å². The fraction of sp³-hybridized carbons (Fsp3) is 0.733. The topological polar surface area (TPSA) is 12.0 Å². The van der Waals surface area contributed by atoms with E-state index in [0.29, 0.717) is 0 Å². The van der Waals surface area contributed by atoms with Crippen LogP contribution in [0.2, 0.25) is 0 Å². The molecule has 1 atom stereocenters. The second-order valence-electron chi connectivity index (χ2n) is 6.37. The fourth-order valence-electron chi connectivity index (χ4n) is 1.53. The summed E-state index contributed by atoms with van der Waals surface area (Å²) < 4.78 is 0. The zero-order chi connectivity index (χ0) is 13.1. The Balaban J connectivity index is 2.41. The Hall–Kier alpha value is -0.340. The fourth-order valence-corrected chi connectivity index (χ4v) is 2.57. The molecule has 1 nitrogen and oxygen atoms in total. The monoisotopic (exact) mass is 253 g/mol. The van der Waals surface area contributed by atoms with Crippen LogP contribution in [0.1, 0.15) is 51.3 Å². The Morgan fingerprint density at radius 2 is 1.82 bits per heavy atom. The zero-order valence-electron chi connectivity index (χ0n) is 12.1. The summed E-state index contributed by atoms with van der Waals surface area (Å²) in [5.74, 6) is 1.51. The summed E-state index contributed by atoms with van der Waals surface area (Å²) in [5, 5.41) is 3.56. The summed E-state index contributed by atoms with van der Waals surface area (Å²) in [4.78, 5) is 2.93. The Kier molecular flexibility index (Phi) is 5.21. The van der Waals surface area contributed by atoms with E-state index >= 15 is 0 Å². The van der Waals surface area contributed by atoms with Gasteiger partial charge in [0.1, 0.15) is 0 Å². The van der Waals surface area contributed by atoms with Crippen LogP contribution in [0.3, 0.4) is 0 Å². The van der Waals surface area contributed by atoms with E-state index in [1.807, 2.05) is 11.3 Å². The zero-order valence-corrected chi connectivity index (χ0v) is 12.9. The Morgan fingerprint density at radius 3 is 2.29 bits per heavy atom. The van der Waals surface area contributed by atoms with E-state index in [-0.39, 0.29) is 5.41 Å². The molecule has 1 rings (SSSR count). The minimum Gasteiger partial charge on any atom is -0.312 e. The van der Waals surface area contributed by atoms with Crippen LogP contribution in [0.4, 0.5) is 0 Å². The van der Waals surface area contributed by atoms with Crippen LogP contribution in [0.25, 0.3) is 0 Å². The van der Waals surface area contributed by atoms with Gasteiger partial charge in [0.05, 0.1) is 0 Å². The van der Waals surface area contributed by atoms with Gasteiger partial charge in [0.2, 0.25) is 0 Å². The molecular formula is C15H27NS. The Labute approximate surface area is 111 Å². The van der Waals surface area contributed by atoms with Crippen molar-refractivity contribution < 1.29 is 0 Å². The van der Waals surface area contributed by atoms with Crippen molar-refractivity contribution in [3.63, 3.8) is 0 Å².